The Kier molecular flexibility index (Phi) is 4.02. The second kappa shape index (κ2) is 4.83. The van der Waals surface area contributed by atoms with E-state index in [1.807, 2.05) is 0 Å². The minimum absolute atomic E-state index is 0.989. The molecule has 76 valence electrons. The summed E-state index contributed by atoms with van der Waals surface area (Å²) in [6, 6.07) is 0. The van der Waals surface area contributed by atoms with Crippen LogP contribution in [0.1, 0.15) is 59.8 Å². The van der Waals surface area contributed by atoms with Crippen LogP contribution in [0.25, 0.3) is 0 Å². The van der Waals surface area contributed by atoms with Crippen molar-refractivity contribution in [3.05, 3.63) is 11.1 Å². The molecule has 0 N–H and O–H groups in total. The van der Waals surface area contributed by atoms with Crippen molar-refractivity contribution in [3.63, 3.8) is 0 Å². The topological polar surface area (TPSA) is 0 Å². The average molecular weight is 180 g/mol. The molecule has 1 saturated carbocycles. The van der Waals surface area contributed by atoms with Gasteiger partial charge in [-0.05, 0) is 51.9 Å². The first-order chi connectivity index (χ1) is 6.09. The summed E-state index contributed by atoms with van der Waals surface area (Å²) >= 11 is 0. The molecule has 0 aromatic carbocycles. The molecule has 0 spiro atoms. The van der Waals surface area contributed by atoms with Gasteiger partial charge in [0.1, 0.15) is 0 Å². The zero-order chi connectivity index (χ0) is 9.84. The predicted molar refractivity (Wildman–Crippen MR) is 59.8 cm³/mol. The van der Waals surface area contributed by atoms with Crippen LogP contribution in [0.4, 0.5) is 0 Å². The largest absolute Gasteiger partial charge is 0.0775 e. The van der Waals surface area contributed by atoms with E-state index in [1.165, 1.54) is 37.7 Å². The maximum absolute atomic E-state index is 2.39. The Morgan fingerprint density at radius 3 is 2.00 bits per heavy atom. The van der Waals surface area contributed by atoms with Crippen molar-refractivity contribution in [3.8, 4) is 0 Å². The normalized spacial score (nSPS) is 28.6. The lowest BCUT2D eigenvalue weighted by atomic mass is 9.80. The fraction of sp³-hybridized carbons (Fsp3) is 0.846. The van der Waals surface area contributed by atoms with Crippen LogP contribution in [-0.2, 0) is 0 Å². The van der Waals surface area contributed by atoms with Crippen LogP contribution in [0.2, 0.25) is 0 Å². The molecule has 0 nitrogen and oxygen atoms in total. The lowest BCUT2D eigenvalue weighted by Crippen LogP contribution is -2.12. The Bertz CT molecular complexity index is 176. The van der Waals surface area contributed by atoms with Gasteiger partial charge in [0, 0.05) is 0 Å². The maximum atomic E-state index is 2.39. The Balaban J connectivity index is 2.35. The summed E-state index contributed by atoms with van der Waals surface area (Å²) in [5, 5.41) is 0. The fourth-order valence-corrected chi connectivity index (χ4v) is 2.17. The third-order valence-electron chi connectivity index (χ3n) is 3.58. The van der Waals surface area contributed by atoms with Gasteiger partial charge < -0.3 is 0 Å². The Morgan fingerprint density at radius 1 is 1.00 bits per heavy atom. The predicted octanol–water partition coefficient (Wildman–Crippen LogP) is 4.56. The van der Waals surface area contributed by atoms with E-state index < -0.39 is 0 Å². The Hall–Kier alpha value is -0.260. The Morgan fingerprint density at radius 2 is 1.54 bits per heavy atom. The minimum Gasteiger partial charge on any atom is -0.0775 e. The molecular weight excluding hydrogens is 156 g/mol. The van der Waals surface area contributed by atoms with Gasteiger partial charge in [-0.15, -0.1) is 0 Å². The molecule has 13 heavy (non-hydrogen) atoms. The maximum Gasteiger partial charge on any atom is -0.0292 e. The van der Waals surface area contributed by atoms with E-state index >= 15 is 0 Å². The van der Waals surface area contributed by atoms with Crippen molar-refractivity contribution < 1.29 is 0 Å². The molecule has 1 rings (SSSR count). The van der Waals surface area contributed by atoms with Gasteiger partial charge in [-0.1, -0.05) is 30.9 Å². The third-order valence-corrected chi connectivity index (χ3v) is 3.58. The van der Waals surface area contributed by atoms with Crippen LogP contribution in [-0.4, -0.2) is 0 Å². The molecule has 0 atom stereocenters. The quantitative estimate of drug-likeness (QED) is 0.546. The van der Waals surface area contributed by atoms with Crippen LogP contribution in [0.15, 0.2) is 11.1 Å². The molecule has 0 heteroatoms. The lowest BCUT2D eigenvalue weighted by molar-refractivity contribution is 0.288. The first-order valence-corrected chi connectivity index (χ1v) is 5.72. The van der Waals surface area contributed by atoms with E-state index in [-0.39, 0.29) is 0 Å². The van der Waals surface area contributed by atoms with E-state index in [0.29, 0.717) is 0 Å². The van der Waals surface area contributed by atoms with Crippen molar-refractivity contribution in [1.29, 1.82) is 0 Å². The molecule has 0 saturated heterocycles. The fourth-order valence-electron chi connectivity index (χ4n) is 2.17. The second-order valence-electron chi connectivity index (χ2n) is 5.11. The summed E-state index contributed by atoms with van der Waals surface area (Å²) in [5.41, 5.74) is 3.15. The standard InChI is InChI=1S/C13H24/c1-10(2)12(4)9-13-7-5-11(3)6-8-13/h11,13H,5-9H2,1-4H3. The van der Waals surface area contributed by atoms with E-state index in [2.05, 4.69) is 27.7 Å². The molecule has 0 bridgehead atoms. The molecule has 0 heterocycles. The van der Waals surface area contributed by atoms with Crippen LogP contribution in [0.5, 0.6) is 0 Å². The van der Waals surface area contributed by atoms with Crippen molar-refractivity contribution >= 4 is 0 Å². The van der Waals surface area contributed by atoms with Crippen LogP contribution in [0.3, 0.4) is 0 Å². The molecule has 0 aromatic heterocycles. The smallest absolute Gasteiger partial charge is 0.0292 e. The van der Waals surface area contributed by atoms with Gasteiger partial charge in [-0.2, -0.15) is 0 Å². The van der Waals surface area contributed by atoms with Crippen LogP contribution < -0.4 is 0 Å². The van der Waals surface area contributed by atoms with Crippen molar-refractivity contribution in [2.24, 2.45) is 11.8 Å². The summed E-state index contributed by atoms with van der Waals surface area (Å²) in [5.74, 6) is 1.98. The summed E-state index contributed by atoms with van der Waals surface area (Å²) < 4.78 is 0. The lowest BCUT2D eigenvalue weighted by Gasteiger charge is -2.26. The van der Waals surface area contributed by atoms with Crippen molar-refractivity contribution in [2.75, 3.05) is 0 Å². The highest BCUT2D eigenvalue weighted by Gasteiger charge is 2.18. The third kappa shape index (κ3) is 3.54. The molecular formula is C13H24. The first-order valence-electron chi connectivity index (χ1n) is 5.72. The number of hydrogen-bond acceptors (Lipinski definition) is 0. The summed E-state index contributed by atoms with van der Waals surface area (Å²) in [4.78, 5) is 0. The van der Waals surface area contributed by atoms with Gasteiger partial charge >= 0.3 is 0 Å². The number of rotatable bonds is 2. The number of allylic oxidation sites excluding steroid dienone is 2. The van der Waals surface area contributed by atoms with Gasteiger partial charge in [0.25, 0.3) is 0 Å². The first kappa shape index (κ1) is 10.8. The molecule has 0 aliphatic heterocycles. The van der Waals surface area contributed by atoms with Gasteiger partial charge in [0.05, 0.1) is 0 Å². The van der Waals surface area contributed by atoms with Crippen molar-refractivity contribution in [2.45, 2.75) is 59.8 Å². The van der Waals surface area contributed by atoms with Crippen molar-refractivity contribution in [1.82, 2.24) is 0 Å². The molecule has 0 amide bonds. The van der Waals surface area contributed by atoms with Crippen LogP contribution in [0, 0.1) is 11.8 Å². The van der Waals surface area contributed by atoms with E-state index in [1.54, 1.807) is 5.57 Å². The molecule has 0 unspecified atom stereocenters. The van der Waals surface area contributed by atoms with Crippen LogP contribution >= 0.6 is 0 Å². The average Bonchev–Trinajstić information content (AvgIpc) is 2.08. The molecule has 1 fully saturated rings. The summed E-state index contributed by atoms with van der Waals surface area (Å²) in [6.45, 7) is 9.17. The molecule has 1 aliphatic carbocycles. The summed E-state index contributed by atoms with van der Waals surface area (Å²) in [6.07, 6.45) is 7.20. The number of hydrogen-bond donors (Lipinski definition) is 0. The monoisotopic (exact) mass is 180 g/mol. The highest BCUT2D eigenvalue weighted by molar-refractivity contribution is 5.07. The molecule has 1 aliphatic rings. The van der Waals surface area contributed by atoms with E-state index in [0.717, 1.165) is 11.8 Å². The van der Waals surface area contributed by atoms with Gasteiger partial charge in [-0.3, -0.25) is 0 Å². The highest BCUT2D eigenvalue weighted by Crippen LogP contribution is 2.32. The highest BCUT2D eigenvalue weighted by atomic mass is 14.2. The van der Waals surface area contributed by atoms with Gasteiger partial charge in [0.15, 0.2) is 0 Å². The van der Waals surface area contributed by atoms with Gasteiger partial charge in [-0.25, -0.2) is 0 Å². The minimum atomic E-state index is 0.989. The second-order valence-corrected chi connectivity index (χ2v) is 5.11. The Labute approximate surface area is 83.4 Å². The zero-order valence-electron chi connectivity index (χ0n) is 9.69. The molecule has 0 radical (unpaired) electrons. The zero-order valence-corrected chi connectivity index (χ0v) is 9.69. The molecule has 0 aromatic rings. The van der Waals surface area contributed by atoms with Gasteiger partial charge in [0.2, 0.25) is 0 Å². The van der Waals surface area contributed by atoms with E-state index in [9.17, 15) is 0 Å². The van der Waals surface area contributed by atoms with E-state index in [4.69, 9.17) is 0 Å². The summed E-state index contributed by atoms with van der Waals surface area (Å²) in [7, 11) is 0. The SMILES string of the molecule is CC(C)=C(C)CC1CCC(C)CC1.